The van der Waals surface area contributed by atoms with Crippen LogP contribution in [-0.2, 0) is 10.0 Å². The molecule has 2 rings (SSSR count). The highest BCUT2D eigenvalue weighted by Crippen LogP contribution is 2.32. The van der Waals surface area contributed by atoms with E-state index >= 15 is 0 Å². The molecule has 0 saturated heterocycles. The number of hydrogen-bond donors (Lipinski definition) is 1. The molecule has 0 radical (unpaired) electrons. The number of sulfonamides is 1. The molecule has 0 bridgehead atoms. The lowest BCUT2D eigenvalue weighted by Crippen LogP contribution is -2.31. The van der Waals surface area contributed by atoms with Crippen LogP contribution in [0.5, 0.6) is 5.75 Å². The van der Waals surface area contributed by atoms with Gasteiger partial charge in [0.1, 0.15) is 5.75 Å². The van der Waals surface area contributed by atoms with Crippen LogP contribution in [0.25, 0.3) is 11.1 Å². The van der Waals surface area contributed by atoms with Crippen molar-refractivity contribution in [2.75, 3.05) is 12.9 Å². The Hall–Kier alpha value is -2.19. The van der Waals surface area contributed by atoms with Gasteiger partial charge in [-0.2, -0.15) is 4.39 Å². The van der Waals surface area contributed by atoms with Crippen molar-refractivity contribution in [3.63, 3.8) is 0 Å². The Morgan fingerprint density at radius 3 is 2.67 bits per heavy atom. The van der Waals surface area contributed by atoms with Gasteiger partial charge in [0.05, 0.1) is 17.9 Å². The fraction of sp³-hybridized carbons (Fsp3) is 0.200. The number of hydrogen-bond acceptors (Lipinski definition) is 5. The highest BCUT2D eigenvalue weighted by Gasteiger charge is 2.17. The number of benzene rings is 1. The van der Waals surface area contributed by atoms with Crippen LogP contribution in [0.15, 0.2) is 30.5 Å². The van der Waals surface area contributed by atoms with Crippen molar-refractivity contribution in [2.45, 2.75) is 6.92 Å². The number of aromatic nitrogens is 1. The van der Waals surface area contributed by atoms with Crippen molar-refractivity contribution in [2.24, 2.45) is 0 Å². The number of amides is 1. The van der Waals surface area contributed by atoms with E-state index < -0.39 is 21.9 Å². The van der Waals surface area contributed by atoms with E-state index in [0.717, 1.165) is 0 Å². The standard InChI is InChI=1S/C15H14ClFN2O4S/c1-3-24(21,22)19-15(20)9-4-5-11(13(7-9)23-2)10-6-12(16)14(17)18-8-10/h4-8H,3H2,1-2H3,(H,19,20). The molecule has 9 heteroatoms. The molecule has 0 atom stereocenters. The molecule has 1 aromatic heterocycles. The molecule has 24 heavy (non-hydrogen) atoms. The molecule has 128 valence electrons. The van der Waals surface area contributed by atoms with Gasteiger partial charge in [-0.3, -0.25) is 4.79 Å². The topological polar surface area (TPSA) is 85.4 Å². The highest BCUT2D eigenvalue weighted by atomic mass is 35.5. The van der Waals surface area contributed by atoms with E-state index in [4.69, 9.17) is 16.3 Å². The fourth-order valence-corrected chi connectivity index (χ4v) is 2.62. The summed E-state index contributed by atoms with van der Waals surface area (Å²) in [6, 6.07) is 5.73. The first-order valence-electron chi connectivity index (χ1n) is 6.81. The van der Waals surface area contributed by atoms with Crippen LogP contribution in [0.4, 0.5) is 4.39 Å². The van der Waals surface area contributed by atoms with Gasteiger partial charge in [0.2, 0.25) is 16.0 Å². The maximum Gasteiger partial charge on any atom is 0.264 e. The lowest BCUT2D eigenvalue weighted by molar-refractivity contribution is 0.0981. The van der Waals surface area contributed by atoms with Gasteiger partial charge in [0, 0.05) is 22.9 Å². The van der Waals surface area contributed by atoms with Crippen LogP contribution in [0.2, 0.25) is 5.02 Å². The molecule has 0 unspecified atom stereocenters. The second-order valence-corrected chi connectivity index (χ2v) is 7.16. The summed E-state index contributed by atoms with van der Waals surface area (Å²) in [7, 11) is -2.28. The van der Waals surface area contributed by atoms with Crippen molar-refractivity contribution in [3.8, 4) is 16.9 Å². The van der Waals surface area contributed by atoms with Crippen molar-refractivity contribution in [3.05, 3.63) is 47.0 Å². The van der Waals surface area contributed by atoms with Crippen LogP contribution in [0.3, 0.4) is 0 Å². The molecule has 0 aliphatic carbocycles. The van der Waals surface area contributed by atoms with Gasteiger partial charge in [-0.25, -0.2) is 18.1 Å². The van der Waals surface area contributed by atoms with Gasteiger partial charge in [-0.15, -0.1) is 0 Å². The maximum atomic E-state index is 13.2. The van der Waals surface area contributed by atoms with Gasteiger partial charge in [-0.05, 0) is 31.2 Å². The van der Waals surface area contributed by atoms with Crippen molar-refractivity contribution >= 4 is 27.5 Å². The smallest absolute Gasteiger partial charge is 0.264 e. The number of ether oxygens (including phenoxy) is 1. The van der Waals surface area contributed by atoms with Crippen molar-refractivity contribution < 1.29 is 22.3 Å². The molecule has 1 N–H and O–H groups in total. The van der Waals surface area contributed by atoms with Crippen molar-refractivity contribution in [1.29, 1.82) is 0 Å². The number of nitrogens with zero attached hydrogens (tertiary/aromatic N) is 1. The molecular formula is C15H14ClFN2O4S. The molecule has 0 fully saturated rings. The second kappa shape index (κ2) is 7.14. The largest absolute Gasteiger partial charge is 0.496 e. The highest BCUT2D eigenvalue weighted by molar-refractivity contribution is 7.90. The Morgan fingerprint density at radius 2 is 2.08 bits per heavy atom. The quantitative estimate of drug-likeness (QED) is 0.815. The van der Waals surface area contributed by atoms with Crippen LogP contribution < -0.4 is 9.46 Å². The SMILES string of the molecule is CCS(=O)(=O)NC(=O)c1ccc(-c2cnc(F)c(Cl)c2)c(OC)c1. The first-order valence-corrected chi connectivity index (χ1v) is 8.84. The maximum absolute atomic E-state index is 13.2. The van der Waals surface area contributed by atoms with E-state index in [0.29, 0.717) is 16.9 Å². The number of rotatable bonds is 5. The summed E-state index contributed by atoms with van der Waals surface area (Å²) in [5, 5.41) is -0.148. The minimum atomic E-state index is -3.67. The molecule has 1 amide bonds. The molecule has 6 nitrogen and oxygen atoms in total. The summed E-state index contributed by atoms with van der Waals surface area (Å²) in [5.74, 6) is -1.48. The van der Waals surface area contributed by atoms with Gasteiger partial charge >= 0.3 is 0 Å². The number of nitrogens with one attached hydrogen (secondary N) is 1. The third-order valence-electron chi connectivity index (χ3n) is 3.20. The zero-order chi connectivity index (χ0) is 17.9. The predicted molar refractivity (Wildman–Crippen MR) is 88.1 cm³/mol. The number of halogens is 2. The Labute approximate surface area is 143 Å². The molecule has 1 aromatic carbocycles. The zero-order valence-corrected chi connectivity index (χ0v) is 14.4. The summed E-state index contributed by atoms with van der Waals surface area (Å²) >= 11 is 5.72. The molecule has 0 aliphatic rings. The zero-order valence-electron chi connectivity index (χ0n) is 12.8. The summed E-state index contributed by atoms with van der Waals surface area (Å²) in [6.45, 7) is 1.42. The average Bonchev–Trinajstić information content (AvgIpc) is 2.56. The fourth-order valence-electron chi connectivity index (χ4n) is 1.91. The minimum absolute atomic E-state index is 0.105. The summed E-state index contributed by atoms with van der Waals surface area (Å²) < 4.78 is 43.3. The van der Waals surface area contributed by atoms with Gasteiger partial charge in [0.15, 0.2) is 0 Å². The average molecular weight is 373 g/mol. The number of carbonyl (C=O) groups excluding carboxylic acids is 1. The first-order chi connectivity index (χ1) is 11.3. The third-order valence-corrected chi connectivity index (χ3v) is 4.72. The van der Waals surface area contributed by atoms with E-state index in [1.165, 1.54) is 44.5 Å². The summed E-state index contributed by atoms with van der Waals surface area (Å²) in [4.78, 5) is 15.5. The van der Waals surface area contributed by atoms with E-state index in [2.05, 4.69) is 4.98 Å². The van der Waals surface area contributed by atoms with E-state index in [1.807, 2.05) is 4.72 Å². The summed E-state index contributed by atoms with van der Waals surface area (Å²) in [5.41, 5.74) is 1.13. The lowest BCUT2D eigenvalue weighted by atomic mass is 10.0. The monoisotopic (exact) mass is 372 g/mol. The van der Waals surface area contributed by atoms with E-state index in [9.17, 15) is 17.6 Å². The van der Waals surface area contributed by atoms with E-state index in [-0.39, 0.29) is 16.3 Å². The number of carbonyl (C=O) groups is 1. The third kappa shape index (κ3) is 4.01. The van der Waals surface area contributed by atoms with Crippen molar-refractivity contribution in [1.82, 2.24) is 9.71 Å². The molecule has 0 spiro atoms. The van der Waals surface area contributed by atoms with Gasteiger partial charge < -0.3 is 4.74 Å². The molecule has 0 aliphatic heterocycles. The van der Waals surface area contributed by atoms with E-state index in [1.54, 1.807) is 0 Å². The number of pyridine rings is 1. The Morgan fingerprint density at radius 1 is 1.38 bits per heavy atom. The predicted octanol–water partition coefficient (Wildman–Crippen LogP) is 2.63. The number of methoxy groups -OCH3 is 1. The molecular weight excluding hydrogens is 359 g/mol. The lowest BCUT2D eigenvalue weighted by Gasteiger charge is -2.11. The molecule has 2 aromatic rings. The van der Waals surface area contributed by atoms with Crippen LogP contribution in [0.1, 0.15) is 17.3 Å². The molecule has 1 heterocycles. The molecule has 0 saturated carbocycles. The Kier molecular flexibility index (Phi) is 5.40. The van der Waals surface area contributed by atoms with Crippen LogP contribution in [0, 0.1) is 5.95 Å². The van der Waals surface area contributed by atoms with Crippen LogP contribution >= 0.6 is 11.6 Å². The second-order valence-electron chi connectivity index (χ2n) is 4.75. The Balaban J connectivity index is 2.40. The van der Waals surface area contributed by atoms with Gasteiger partial charge in [0.25, 0.3) is 5.91 Å². The normalized spacial score (nSPS) is 11.2. The van der Waals surface area contributed by atoms with Crippen LogP contribution in [-0.4, -0.2) is 32.2 Å². The Bertz CT molecular complexity index is 887. The minimum Gasteiger partial charge on any atom is -0.496 e. The first kappa shape index (κ1) is 18.2. The summed E-state index contributed by atoms with van der Waals surface area (Å²) in [6.07, 6.45) is 1.28. The van der Waals surface area contributed by atoms with Gasteiger partial charge in [-0.1, -0.05) is 11.6 Å².